The molecule has 5 rings (SSSR count). The summed E-state index contributed by atoms with van der Waals surface area (Å²) in [4.78, 5) is 30.2. The summed E-state index contributed by atoms with van der Waals surface area (Å²) in [5, 5.41) is 9.68. The molecule has 1 aliphatic carbocycles. The first-order valence-corrected chi connectivity index (χ1v) is 11.5. The Morgan fingerprint density at radius 1 is 1.00 bits per heavy atom. The van der Waals surface area contributed by atoms with Crippen molar-refractivity contribution < 1.29 is 24.2 Å². The molecule has 2 aromatic carbocycles. The van der Waals surface area contributed by atoms with E-state index in [-0.39, 0.29) is 31.6 Å². The number of benzene rings is 2. The van der Waals surface area contributed by atoms with Gasteiger partial charge in [-0.2, -0.15) is 0 Å². The lowest BCUT2D eigenvalue weighted by Crippen LogP contribution is -2.41. The fourth-order valence-electron chi connectivity index (χ4n) is 4.92. The Kier molecular flexibility index (Phi) is 6.27. The van der Waals surface area contributed by atoms with Gasteiger partial charge in [0, 0.05) is 24.7 Å². The molecule has 1 saturated heterocycles. The lowest BCUT2D eigenvalue weighted by atomic mass is 9.98. The van der Waals surface area contributed by atoms with E-state index in [1.165, 1.54) is 4.90 Å². The topological polar surface area (TPSA) is 89.0 Å². The van der Waals surface area contributed by atoms with E-state index in [9.17, 15) is 14.7 Å². The lowest BCUT2D eigenvalue weighted by molar-refractivity contribution is -0.141. The van der Waals surface area contributed by atoms with Crippen molar-refractivity contribution in [3.8, 4) is 11.1 Å². The SMILES string of the molecule is O=C(O)[C@@H]1C[C@H](OCCc2cccnc2)CN1C(=O)OCC1c2ccccc2-c2ccccc21. The van der Waals surface area contributed by atoms with Gasteiger partial charge in [-0.1, -0.05) is 54.6 Å². The van der Waals surface area contributed by atoms with E-state index >= 15 is 0 Å². The summed E-state index contributed by atoms with van der Waals surface area (Å²) in [6.45, 7) is 0.782. The summed E-state index contributed by atoms with van der Waals surface area (Å²) in [6, 6.07) is 19.1. The van der Waals surface area contributed by atoms with Crippen molar-refractivity contribution >= 4 is 12.1 Å². The van der Waals surface area contributed by atoms with Crippen LogP contribution >= 0.6 is 0 Å². The Bertz CT molecular complexity index is 1140. The van der Waals surface area contributed by atoms with Crippen LogP contribution in [0.4, 0.5) is 4.79 Å². The lowest BCUT2D eigenvalue weighted by Gasteiger charge is -2.22. The molecule has 7 heteroatoms. The standard InChI is InChI=1S/C27H26N2O5/c30-26(31)25-14-19(33-13-11-18-6-5-12-28-15-18)16-29(25)27(32)34-17-24-22-9-3-1-7-20(22)21-8-2-4-10-23(21)24/h1-10,12,15,19,24-25H,11,13-14,16-17H2,(H,30,31)/t19-,25-/m0/s1. The predicted octanol–water partition coefficient (Wildman–Crippen LogP) is 4.12. The Morgan fingerprint density at radius 3 is 2.35 bits per heavy atom. The van der Waals surface area contributed by atoms with E-state index in [1.807, 2.05) is 36.4 Å². The molecule has 0 radical (unpaired) electrons. The number of carbonyl (C=O) groups excluding carboxylic acids is 1. The Morgan fingerprint density at radius 2 is 1.71 bits per heavy atom. The maximum Gasteiger partial charge on any atom is 0.410 e. The van der Waals surface area contributed by atoms with Crippen molar-refractivity contribution in [1.82, 2.24) is 9.88 Å². The maximum atomic E-state index is 13.0. The molecular formula is C27H26N2O5. The fourth-order valence-corrected chi connectivity index (χ4v) is 4.92. The summed E-state index contributed by atoms with van der Waals surface area (Å²) < 4.78 is 11.6. The molecule has 7 nitrogen and oxygen atoms in total. The zero-order valence-electron chi connectivity index (χ0n) is 18.7. The zero-order chi connectivity index (χ0) is 23.5. The molecule has 1 aromatic heterocycles. The Labute approximate surface area is 198 Å². The fraction of sp³-hybridized carbons (Fsp3) is 0.296. The van der Waals surface area contributed by atoms with Crippen molar-refractivity contribution in [2.24, 2.45) is 0 Å². The van der Waals surface area contributed by atoms with Crippen LogP contribution in [0.1, 0.15) is 29.0 Å². The van der Waals surface area contributed by atoms with E-state index in [0.29, 0.717) is 13.0 Å². The maximum absolute atomic E-state index is 13.0. The number of hydrogen-bond donors (Lipinski definition) is 1. The number of hydrogen-bond acceptors (Lipinski definition) is 5. The van der Waals surface area contributed by atoms with Crippen molar-refractivity contribution in [3.05, 3.63) is 89.7 Å². The average Bonchev–Trinajstić information content (AvgIpc) is 3.43. The van der Waals surface area contributed by atoms with Crippen molar-refractivity contribution in [2.45, 2.75) is 30.9 Å². The highest BCUT2D eigenvalue weighted by atomic mass is 16.6. The van der Waals surface area contributed by atoms with Gasteiger partial charge in [-0.15, -0.1) is 0 Å². The first-order valence-electron chi connectivity index (χ1n) is 11.5. The van der Waals surface area contributed by atoms with Gasteiger partial charge in [0.25, 0.3) is 0 Å². The van der Waals surface area contributed by atoms with Gasteiger partial charge >= 0.3 is 12.1 Å². The molecule has 3 aromatic rings. The predicted molar refractivity (Wildman–Crippen MR) is 125 cm³/mol. The first kappa shape index (κ1) is 22.1. The molecule has 2 atom stereocenters. The van der Waals surface area contributed by atoms with Gasteiger partial charge in [0.15, 0.2) is 0 Å². The average molecular weight is 459 g/mol. The van der Waals surface area contributed by atoms with Gasteiger partial charge in [0.1, 0.15) is 12.6 Å². The number of carboxylic acid groups (broad SMARTS) is 1. The van der Waals surface area contributed by atoms with Crippen molar-refractivity contribution in [2.75, 3.05) is 19.8 Å². The first-order chi connectivity index (χ1) is 16.6. The second kappa shape index (κ2) is 9.65. The number of aromatic nitrogens is 1. The van der Waals surface area contributed by atoms with E-state index in [2.05, 4.69) is 29.2 Å². The van der Waals surface area contributed by atoms with Crippen LogP contribution in [0.25, 0.3) is 11.1 Å². The van der Waals surface area contributed by atoms with Crippen LogP contribution in [0.2, 0.25) is 0 Å². The Balaban J connectivity index is 1.22. The number of carbonyl (C=O) groups is 2. The molecule has 0 saturated carbocycles. The van der Waals surface area contributed by atoms with Crippen LogP contribution in [0.15, 0.2) is 73.1 Å². The summed E-state index contributed by atoms with van der Waals surface area (Å²) in [7, 11) is 0. The largest absolute Gasteiger partial charge is 0.480 e. The minimum atomic E-state index is -1.05. The molecule has 34 heavy (non-hydrogen) atoms. The van der Waals surface area contributed by atoms with Gasteiger partial charge in [0.2, 0.25) is 0 Å². The minimum absolute atomic E-state index is 0.0752. The highest BCUT2D eigenvalue weighted by Gasteiger charge is 2.41. The Hall–Kier alpha value is -3.71. The second-order valence-electron chi connectivity index (χ2n) is 8.65. The third kappa shape index (κ3) is 4.39. The molecule has 1 N–H and O–H groups in total. The molecule has 0 bridgehead atoms. The highest BCUT2D eigenvalue weighted by molar-refractivity contribution is 5.81. The van der Waals surface area contributed by atoms with Crippen LogP contribution in [-0.4, -0.2) is 59.0 Å². The van der Waals surface area contributed by atoms with Gasteiger partial charge < -0.3 is 14.6 Å². The van der Waals surface area contributed by atoms with Crippen LogP contribution < -0.4 is 0 Å². The van der Waals surface area contributed by atoms with E-state index in [1.54, 1.807) is 12.4 Å². The summed E-state index contributed by atoms with van der Waals surface area (Å²) in [5.41, 5.74) is 5.56. The smallest absolute Gasteiger partial charge is 0.410 e. The van der Waals surface area contributed by atoms with Gasteiger partial charge in [-0.3, -0.25) is 9.88 Å². The van der Waals surface area contributed by atoms with Gasteiger partial charge in [-0.25, -0.2) is 9.59 Å². The monoisotopic (exact) mass is 458 g/mol. The molecule has 0 unspecified atom stereocenters. The molecule has 1 fully saturated rings. The van der Waals surface area contributed by atoms with E-state index in [4.69, 9.17) is 9.47 Å². The highest BCUT2D eigenvalue weighted by Crippen LogP contribution is 2.44. The molecule has 0 spiro atoms. The number of carboxylic acids is 1. The summed E-state index contributed by atoms with van der Waals surface area (Å²) in [5.74, 6) is -1.12. The minimum Gasteiger partial charge on any atom is -0.480 e. The second-order valence-corrected chi connectivity index (χ2v) is 8.65. The van der Waals surface area contributed by atoms with Crippen LogP contribution in [-0.2, 0) is 20.7 Å². The number of pyridine rings is 1. The molecule has 2 aliphatic rings. The summed E-state index contributed by atoms with van der Waals surface area (Å²) in [6.07, 6.45) is 3.44. The van der Waals surface area contributed by atoms with E-state index < -0.39 is 18.1 Å². The van der Waals surface area contributed by atoms with Crippen LogP contribution in [0.3, 0.4) is 0 Å². The number of fused-ring (bicyclic) bond motifs is 3. The molecular weight excluding hydrogens is 432 g/mol. The number of rotatable bonds is 7. The molecule has 1 amide bonds. The number of ether oxygens (including phenoxy) is 2. The number of aliphatic carboxylic acids is 1. The van der Waals surface area contributed by atoms with Gasteiger partial charge in [0.05, 0.1) is 19.3 Å². The normalized spacial score (nSPS) is 19.0. The van der Waals surface area contributed by atoms with Crippen molar-refractivity contribution in [1.29, 1.82) is 0 Å². The zero-order valence-corrected chi connectivity index (χ0v) is 18.7. The third-order valence-corrected chi connectivity index (χ3v) is 6.59. The van der Waals surface area contributed by atoms with Gasteiger partial charge in [-0.05, 0) is 40.3 Å². The van der Waals surface area contributed by atoms with Crippen molar-refractivity contribution in [3.63, 3.8) is 0 Å². The third-order valence-electron chi connectivity index (χ3n) is 6.59. The summed E-state index contributed by atoms with van der Waals surface area (Å²) >= 11 is 0. The quantitative estimate of drug-likeness (QED) is 0.573. The molecule has 1 aliphatic heterocycles. The molecule has 174 valence electrons. The van der Waals surface area contributed by atoms with Crippen LogP contribution in [0, 0.1) is 0 Å². The van der Waals surface area contributed by atoms with E-state index in [0.717, 1.165) is 27.8 Å². The number of nitrogens with zero attached hydrogens (tertiary/aromatic N) is 2. The van der Waals surface area contributed by atoms with Crippen LogP contribution in [0.5, 0.6) is 0 Å². The molecule has 2 heterocycles. The number of amides is 1. The number of likely N-dealkylation sites (tertiary alicyclic amines) is 1.